The molecule has 0 saturated carbocycles. The number of rotatable bonds is 4. The van der Waals surface area contributed by atoms with E-state index < -0.39 is 0 Å². The van der Waals surface area contributed by atoms with Gasteiger partial charge in [0.15, 0.2) is 0 Å². The van der Waals surface area contributed by atoms with Crippen molar-refractivity contribution in [1.29, 1.82) is 0 Å². The number of carbonyl (C=O) groups is 1. The Morgan fingerprint density at radius 3 is 2.60 bits per heavy atom. The van der Waals surface area contributed by atoms with Gasteiger partial charge in [-0.25, -0.2) is 0 Å². The van der Waals surface area contributed by atoms with Crippen molar-refractivity contribution < 1.29 is 4.79 Å². The van der Waals surface area contributed by atoms with Crippen molar-refractivity contribution in [2.75, 3.05) is 25.0 Å². The molecule has 1 atom stereocenters. The second-order valence-corrected chi connectivity index (χ2v) is 5.56. The molecule has 112 valence electrons. The fourth-order valence-corrected chi connectivity index (χ4v) is 2.64. The lowest BCUT2D eigenvalue weighted by Crippen LogP contribution is -2.29. The molecule has 7 heteroatoms. The number of benzene rings is 1. The van der Waals surface area contributed by atoms with Crippen LogP contribution >= 0.6 is 35.6 Å². The fraction of sp³-hybridized carbons (Fsp3) is 0.462. The third-order valence-corrected chi connectivity index (χ3v) is 3.82. The van der Waals surface area contributed by atoms with Crippen molar-refractivity contribution in [3.8, 4) is 0 Å². The molecule has 1 saturated heterocycles. The maximum atomic E-state index is 11.9. The summed E-state index contributed by atoms with van der Waals surface area (Å²) in [5.74, 6) is -0.0875. The van der Waals surface area contributed by atoms with Gasteiger partial charge in [-0.2, -0.15) is 0 Å². The van der Waals surface area contributed by atoms with Crippen molar-refractivity contribution in [3.63, 3.8) is 0 Å². The van der Waals surface area contributed by atoms with Crippen LogP contribution in [0.25, 0.3) is 0 Å². The number of nitrogens with one attached hydrogen (secondary N) is 1. The topological polar surface area (TPSA) is 58.4 Å². The van der Waals surface area contributed by atoms with Gasteiger partial charge in [0.05, 0.1) is 15.7 Å². The molecular formula is C13H18Cl3N3O. The predicted molar refractivity (Wildman–Crippen MR) is 86.0 cm³/mol. The second-order valence-electron chi connectivity index (χ2n) is 4.74. The Labute approximate surface area is 135 Å². The Morgan fingerprint density at radius 2 is 2.05 bits per heavy atom. The maximum absolute atomic E-state index is 11.9. The van der Waals surface area contributed by atoms with Gasteiger partial charge < -0.3 is 16.0 Å². The van der Waals surface area contributed by atoms with Gasteiger partial charge in [0.1, 0.15) is 0 Å². The van der Waals surface area contributed by atoms with Crippen molar-refractivity contribution in [2.24, 2.45) is 5.73 Å². The first kappa shape index (κ1) is 17.5. The molecule has 1 fully saturated rings. The summed E-state index contributed by atoms with van der Waals surface area (Å²) >= 11 is 12.0. The lowest BCUT2D eigenvalue weighted by Gasteiger charge is -2.15. The molecule has 20 heavy (non-hydrogen) atoms. The molecule has 1 aliphatic heterocycles. The van der Waals surface area contributed by atoms with Crippen LogP contribution in [-0.4, -0.2) is 36.5 Å². The largest absolute Gasteiger partial charge is 0.326 e. The summed E-state index contributed by atoms with van der Waals surface area (Å²) in [6, 6.07) is 5.37. The van der Waals surface area contributed by atoms with Crippen molar-refractivity contribution >= 4 is 47.2 Å². The highest BCUT2D eigenvalue weighted by Gasteiger charge is 2.19. The van der Waals surface area contributed by atoms with E-state index in [-0.39, 0.29) is 24.4 Å². The van der Waals surface area contributed by atoms with Crippen molar-refractivity contribution in [3.05, 3.63) is 28.2 Å². The van der Waals surface area contributed by atoms with Crippen LogP contribution in [0.1, 0.15) is 12.8 Å². The van der Waals surface area contributed by atoms with E-state index in [4.69, 9.17) is 28.9 Å². The molecule has 4 nitrogen and oxygen atoms in total. The van der Waals surface area contributed by atoms with Gasteiger partial charge in [0.25, 0.3) is 0 Å². The van der Waals surface area contributed by atoms with E-state index in [0.717, 1.165) is 19.5 Å². The van der Waals surface area contributed by atoms with Crippen molar-refractivity contribution in [1.82, 2.24) is 4.90 Å². The van der Waals surface area contributed by atoms with Crippen LogP contribution in [0.5, 0.6) is 0 Å². The number of hydrogen-bond acceptors (Lipinski definition) is 3. The fourth-order valence-electron chi connectivity index (χ4n) is 2.14. The third-order valence-electron chi connectivity index (χ3n) is 3.19. The standard InChI is InChI=1S/C13H17Cl2N3O.ClH/c14-10-2-1-3-11(15)13(10)17-12(19)5-7-18-6-4-9(16)8-18;/h1-3,9H,4-8,16H2,(H,17,19);1H. The van der Waals surface area contributed by atoms with Gasteiger partial charge in [0.2, 0.25) is 5.91 Å². The van der Waals surface area contributed by atoms with Crippen LogP contribution in [0.3, 0.4) is 0 Å². The summed E-state index contributed by atoms with van der Waals surface area (Å²) in [6.07, 6.45) is 1.41. The number of amides is 1. The Kier molecular flexibility index (Phi) is 7.06. The molecule has 1 amide bonds. The Hall–Kier alpha value is -0.520. The average Bonchev–Trinajstić information content (AvgIpc) is 2.77. The molecule has 2 rings (SSSR count). The van der Waals surface area contributed by atoms with E-state index in [1.165, 1.54) is 0 Å². The Morgan fingerprint density at radius 1 is 1.40 bits per heavy atom. The molecule has 0 bridgehead atoms. The van der Waals surface area contributed by atoms with Crippen LogP contribution in [0.4, 0.5) is 5.69 Å². The highest BCUT2D eigenvalue weighted by Crippen LogP contribution is 2.29. The van der Waals surface area contributed by atoms with Crippen LogP contribution in [0.15, 0.2) is 18.2 Å². The molecular weight excluding hydrogens is 321 g/mol. The summed E-state index contributed by atoms with van der Waals surface area (Å²) in [6.45, 7) is 2.53. The quantitative estimate of drug-likeness (QED) is 0.887. The minimum absolute atomic E-state index is 0. The number of halogens is 3. The van der Waals surface area contributed by atoms with Crippen LogP contribution in [-0.2, 0) is 4.79 Å². The molecule has 1 aliphatic rings. The minimum Gasteiger partial charge on any atom is -0.326 e. The Bertz CT molecular complexity index is 450. The first-order chi connectivity index (χ1) is 9.06. The van der Waals surface area contributed by atoms with Crippen molar-refractivity contribution in [2.45, 2.75) is 18.9 Å². The Balaban J connectivity index is 0.00000200. The molecule has 1 aromatic carbocycles. The number of hydrogen-bond donors (Lipinski definition) is 2. The SMILES string of the molecule is Cl.NC1CCN(CCC(=O)Nc2c(Cl)cccc2Cl)C1. The van der Waals surface area contributed by atoms with E-state index in [2.05, 4.69) is 10.2 Å². The average molecular weight is 339 g/mol. The monoisotopic (exact) mass is 337 g/mol. The molecule has 1 heterocycles. The zero-order chi connectivity index (χ0) is 13.8. The lowest BCUT2D eigenvalue weighted by atomic mass is 10.3. The van der Waals surface area contributed by atoms with E-state index in [1.54, 1.807) is 18.2 Å². The summed E-state index contributed by atoms with van der Waals surface area (Å²) in [4.78, 5) is 14.1. The van der Waals surface area contributed by atoms with E-state index in [0.29, 0.717) is 28.7 Å². The summed E-state index contributed by atoms with van der Waals surface area (Å²) in [5, 5.41) is 3.65. The number of anilines is 1. The van der Waals surface area contributed by atoms with E-state index >= 15 is 0 Å². The van der Waals surface area contributed by atoms with Gasteiger partial charge >= 0.3 is 0 Å². The van der Waals surface area contributed by atoms with Crippen LogP contribution in [0, 0.1) is 0 Å². The molecule has 1 unspecified atom stereocenters. The molecule has 0 aromatic heterocycles. The van der Waals surface area contributed by atoms with Gasteiger partial charge in [-0.3, -0.25) is 4.79 Å². The predicted octanol–water partition coefficient (Wildman–Crippen LogP) is 2.78. The second kappa shape index (κ2) is 8.05. The number of carbonyl (C=O) groups excluding carboxylic acids is 1. The van der Waals surface area contributed by atoms with Gasteiger partial charge in [-0.1, -0.05) is 29.3 Å². The smallest absolute Gasteiger partial charge is 0.225 e. The molecule has 1 aromatic rings. The lowest BCUT2D eigenvalue weighted by molar-refractivity contribution is -0.116. The highest BCUT2D eigenvalue weighted by atomic mass is 35.5. The number of nitrogens with zero attached hydrogens (tertiary/aromatic N) is 1. The van der Waals surface area contributed by atoms with E-state index in [1.807, 2.05) is 0 Å². The number of nitrogens with two attached hydrogens (primary N) is 1. The van der Waals surface area contributed by atoms with Gasteiger partial charge in [0, 0.05) is 25.6 Å². The van der Waals surface area contributed by atoms with Gasteiger partial charge in [-0.15, -0.1) is 12.4 Å². The number of likely N-dealkylation sites (tertiary alicyclic amines) is 1. The highest BCUT2D eigenvalue weighted by molar-refractivity contribution is 6.39. The summed E-state index contributed by atoms with van der Waals surface area (Å²) in [5.41, 5.74) is 6.30. The zero-order valence-electron chi connectivity index (χ0n) is 10.9. The molecule has 0 radical (unpaired) electrons. The first-order valence-electron chi connectivity index (χ1n) is 6.28. The van der Waals surface area contributed by atoms with Crippen LogP contribution < -0.4 is 11.1 Å². The summed E-state index contributed by atoms with van der Waals surface area (Å²) < 4.78 is 0. The normalized spacial score (nSPS) is 18.6. The molecule has 0 aliphatic carbocycles. The van der Waals surface area contributed by atoms with Gasteiger partial charge in [-0.05, 0) is 25.1 Å². The maximum Gasteiger partial charge on any atom is 0.225 e. The summed E-state index contributed by atoms with van der Waals surface area (Å²) in [7, 11) is 0. The number of para-hydroxylation sites is 1. The molecule has 0 spiro atoms. The molecule has 3 N–H and O–H groups in total. The zero-order valence-corrected chi connectivity index (χ0v) is 13.3. The minimum atomic E-state index is -0.0875. The van der Waals surface area contributed by atoms with Crippen LogP contribution in [0.2, 0.25) is 10.0 Å². The van der Waals surface area contributed by atoms with E-state index in [9.17, 15) is 4.79 Å². The first-order valence-corrected chi connectivity index (χ1v) is 7.03. The third kappa shape index (κ3) is 4.79.